The van der Waals surface area contributed by atoms with Gasteiger partial charge in [0.25, 0.3) is 0 Å². The van der Waals surface area contributed by atoms with Gasteiger partial charge in [0.1, 0.15) is 0 Å². The number of piperidine rings is 1. The Morgan fingerprint density at radius 1 is 1.05 bits per heavy atom. The maximum Gasteiger partial charge on any atom is 0.309 e. The molecule has 0 atom stereocenters. The summed E-state index contributed by atoms with van der Waals surface area (Å²) >= 11 is 0. The molecule has 0 aromatic heterocycles. The fourth-order valence-corrected chi connectivity index (χ4v) is 3.70. The Kier molecular flexibility index (Phi) is 6.27. The lowest BCUT2D eigenvalue weighted by molar-refractivity contribution is -0.220. The van der Waals surface area contributed by atoms with Gasteiger partial charge >= 0.3 is 5.97 Å². The van der Waals surface area contributed by atoms with Crippen molar-refractivity contribution in [3.8, 4) is 0 Å². The van der Waals surface area contributed by atoms with Crippen LogP contribution in [0.2, 0.25) is 0 Å². The van der Waals surface area contributed by atoms with Gasteiger partial charge in [-0.05, 0) is 56.8 Å². The first-order chi connectivity index (χ1) is 10.4. The lowest BCUT2D eigenvalue weighted by Gasteiger charge is -2.39. The highest BCUT2D eigenvalue weighted by molar-refractivity contribution is 5.72. The second kappa shape index (κ2) is 7.78. The van der Waals surface area contributed by atoms with Gasteiger partial charge in [0.2, 0.25) is 0 Å². The van der Waals surface area contributed by atoms with E-state index in [1.807, 2.05) is 6.92 Å². The van der Waals surface area contributed by atoms with Crippen molar-refractivity contribution in [2.45, 2.75) is 72.3 Å². The number of esters is 1. The van der Waals surface area contributed by atoms with Crippen LogP contribution in [0.3, 0.4) is 0 Å². The third-order valence-corrected chi connectivity index (χ3v) is 5.27. The number of hydrogen-bond acceptors (Lipinski definition) is 4. The quantitative estimate of drug-likeness (QED) is 0.740. The van der Waals surface area contributed by atoms with Crippen LogP contribution in [0.1, 0.15) is 66.2 Å². The Hall–Kier alpha value is -0.610. The van der Waals surface area contributed by atoms with Gasteiger partial charge in [-0.2, -0.15) is 5.06 Å². The fraction of sp³-hybridized carbons (Fsp3) is 0.944. The molecule has 1 aliphatic heterocycles. The minimum atomic E-state index is -0.0344. The minimum Gasteiger partial charge on any atom is -0.466 e. The third kappa shape index (κ3) is 4.95. The van der Waals surface area contributed by atoms with Gasteiger partial charge in [0.15, 0.2) is 0 Å². The van der Waals surface area contributed by atoms with E-state index in [2.05, 4.69) is 25.8 Å². The number of nitrogens with zero attached hydrogens (tertiary/aromatic N) is 1. The van der Waals surface area contributed by atoms with Crippen molar-refractivity contribution in [1.29, 1.82) is 0 Å². The molecule has 2 fully saturated rings. The van der Waals surface area contributed by atoms with Crippen LogP contribution in [0, 0.1) is 17.3 Å². The van der Waals surface area contributed by atoms with E-state index in [4.69, 9.17) is 9.57 Å². The molecule has 0 radical (unpaired) electrons. The molecule has 0 unspecified atom stereocenters. The van der Waals surface area contributed by atoms with E-state index >= 15 is 0 Å². The van der Waals surface area contributed by atoms with Crippen molar-refractivity contribution in [3.05, 3.63) is 0 Å². The zero-order valence-electron chi connectivity index (χ0n) is 14.8. The third-order valence-electron chi connectivity index (χ3n) is 5.27. The molecular weight excluding hydrogens is 278 g/mol. The van der Waals surface area contributed by atoms with E-state index in [0.717, 1.165) is 31.8 Å². The first-order valence-corrected chi connectivity index (χ1v) is 8.98. The van der Waals surface area contributed by atoms with Crippen LogP contribution in [0.5, 0.6) is 0 Å². The molecule has 0 amide bonds. The highest BCUT2D eigenvalue weighted by atomic mass is 16.7. The van der Waals surface area contributed by atoms with Crippen LogP contribution in [-0.4, -0.2) is 36.8 Å². The average Bonchev–Trinajstić information content (AvgIpc) is 2.48. The molecule has 1 aliphatic carbocycles. The van der Waals surface area contributed by atoms with Crippen LogP contribution in [0.4, 0.5) is 0 Å². The van der Waals surface area contributed by atoms with Gasteiger partial charge in [-0.25, -0.2) is 0 Å². The molecule has 2 rings (SSSR count). The van der Waals surface area contributed by atoms with E-state index in [9.17, 15) is 4.79 Å². The number of carbonyl (C=O) groups is 1. The summed E-state index contributed by atoms with van der Waals surface area (Å²) in [7, 11) is 0. The molecule has 0 aromatic carbocycles. The van der Waals surface area contributed by atoms with Crippen molar-refractivity contribution in [1.82, 2.24) is 5.06 Å². The van der Waals surface area contributed by atoms with E-state index in [-0.39, 0.29) is 11.9 Å². The largest absolute Gasteiger partial charge is 0.466 e. The molecule has 4 heteroatoms. The molecule has 22 heavy (non-hydrogen) atoms. The highest BCUT2D eigenvalue weighted by Gasteiger charge is 2.32. The number of carbonyl (C=O) groups excluding carboxylic acids is 1. The summed E-state index contributed by atoms with van der Waals surface area (Å²) in [6.07, 6.45) is 6.96. The molecule has 0 spiro atoms. The molecule has 128 valence electrons. The molecule has 0 aromatic rings. The number of rotatable bonds is 4. The van der Waals surface area contributed by atoms with Gasteiger partial charge < -0.3 is 4.74 Å². The maximum atomic E-state index is 11.7. The van der Waals surface area contributed by atoms with Crippen LogP contribution in [0.25, 0.3) is 0 Å². The van der Waals surface area contributed by atoms with Gasteiger partial charge in [-0.15, -0.1) is 0 Å². The van der Waals surface area contributed by atoms with Crippen LogP contribution < -0.4 is 0 Å². The Labute approximate surface area is 135 Å². The summed E-state index contributed by atoms with van der Waals surface area (Å²) in [6.45, 7) is 11.1. The van der Waals surface area contributed by atoms with Gasteiger partial charge in [0.05, 0.1) is 18.6 Å². The summed E-state index contributed by atoms with van der Waals surface area (Å²) in [6, 6.07) is 0. The number of hydrogen-bond donors (Lipinski definition) is 0. The average molecular weight is 311 g/mol. The lowest BCUT2D eigenvalue weighted by Crippen LogP contribution is -2.40. The van der Waals surface area contributed by atoms with Crippen molar-refractivity contribution in [2.75, 3.05) is 19.7 Å². The fourth-order valence-electron chi connectivity index (χ4n) is 3.70. The SMILES string of the molecule is CCOC(=O)C1CCN(O[C@H]2CC[C@H](C(C)(C)C)CC2)CC1. The molecule has 1 heterocycles. The highest BCUT2D eigenvalue weighted by Crippen LogP contribution is 2.38. The van der Waals surface area contributed by atoms with Gasteiger partial charge in [0, 0.05) is 13.1 Å². The number of ether oxygens (including phenoxy) is 1. The summed E-state index contributed by atoms with van der Waals surface area (Å²) < 4.78 is 5.11. The Morgan fingerprint density at radius 2 is 1.64 bits per heavy atom. The summed E-state index contributed by atoms with van der Waals surface area (Å²) in [5.41, 5.74) is 0.420. The predicted octanol–water partition coefficient (Wildman–Crippen LogP) is 3.80. The Morgan fingerprint density at radius 3 is 2.14 bits per heavy atom. The zero-order chi connectivity index (χ0) is 16.2. The van der Waals surface area contributed by atoms with Crippen molar-refractivity contribution in [3.63, 3.8) is 0 Å². The second-order valence-corrected chi connectivity index (χ2v) is 7.90. The minimum absolute atomic E-state index is 0.0344. The summed E-state index contributed by atoms with van der Waals surface area (Å²) in [4.78, 5) is 17.9. The molecule has 2 aliphatic rings. The van der Waals surface area contributed by atoms with E-state index in [0.29, 0.717) is 18.1 Å². The normalized spacial score (nSPS) is 28.5. The van der Waals surface area contributed by atoms with E-state index in [1.165, 1.54) is 25.7 Å². The molecule has 4 nitrogen and oxygen atoms in total. The lowest BCUT2D eigenvalue weighted by atomic mass is 9.72. The first kappa shape index (κ1) is 17.7. The first-order valence-electron chi connectivity index (χ1n) is 8.98. The standard InChI is InChI=1S/C18H33NO3/c1-5-21-17(20)14-10-12-19(13-11-14)22-16-8-6-15(7-9-16)18(2,3)4/h14-16H,5-13H2,1-4H3/t15-,16-. The van der Waals surface area contributed by atoms with Crippen LogP contribution in [0.15, 0.2) is 0 Å². The molecule has 1 saturated carbocycles. The molecule has 1 saturated heterocycles. The maximum absolute atomic E-state index is 11.7. The topological polar surface area (TPSA) is 38.8 Å². The van der Waals surface area contributed by atoms with E-state index in [1.54, 1.807) is 0 Å². The van der Waals surface area contributed by atoms with Gasteiger partial charge in [-0.3, -0.25) is 9.63 Å². The molecule has 0 N–H and O–H groups in total. The van der Waals surface area contributed by atoms with Crippen molar-refractivity contribution < 1.29 is 14.4 Å². The Bertz CT molecular complexity index is 348. The van der Waals surface area contributed by atoms with Crippen LogP contribution in [-0.2, 0) is 14.4 Å². The van der Waals surface area contributed by atoms with E-state index < -0.39 is 0 Å². The van der Waals surface area contributed by atoms with Gasteiger partial charge in [-0.1, -0.05) is 20.8 Å². The van der Waals surface area contributed by atoms with Crippen molar-refractivity contribution in [2.24, 2.45) is 17.3 Å². The monoisotopic (exact) mass is 311 g/mol. The predicted molar refractivity (Wildman–Crippen MR) is 87.2 cm³/mol. The Balaban J connectivity index is 1.68. The molecule has 0 bridgehead atoms. The smallest absolute Gasteiger partial charge is 0.309 e. The summed E-state index contributed by atoms with van der Waals surface area (Å²) in [5, 5.41) is 2.08. The van der Waals surface area contributed by atoms with Crippen LogP contribution >= 0.6 is 0 Å². The second-order valence-electron chi connectivity index (χ2n) is 7.90. The zero-order valence-corrected chi connectivity index (χ0v) is 14.8. The molecular formula is C18H33NO3. The summed E-state index contributed by atoms with van der Waals surface area (Å²) in [5.74, 6) is 0.853. The number of hydroxylamine groups is 2. The van der Waals surface area contributed by atoms with Crippen molar-refractivity contribution >= 4 is 5.97 Å².